The third kappa shape index (κ3) is 3.65. The van der Waals surface area contributed by atoms with E-state index in [0.717, 1.165) is 0 Å². The summed E-state index contributed by atoms with van der Waals surface area (Å²) in [5.41, 5.74) is 6.94. The van der Waals surface area contributed by atoms with E-state index in [1.165, 1.54) is 18.3 Å². The SMILES string of the molecule is Cc1cccc(F)c1NC(=O)c1ccc(C#CCN)cn1. The van der Waals surface area contributed by atoms with Gasteiger partial charge in [0, 0.05) is 11.8 Å². The average Bonchev–Trinajstić information content (AvgIpc) is 2.49. The minimum absolute atomic E-state index is 0.163. The highest BCUT2D eigenvalue weighted by Crippen LogP contribution is 2.19. The molecule has 0 aliphatic heterocycles. The van der Waals surface area contributed by atoms with Crippen molar-refractivity contribution in [2.24, 2.45) is 5.73 Å². The van der Waals surface area contributed by atoms with Crippen LogP contribution in [0.15, 0.2) is 36.5 Å². The number of carbonyl (C=O) groups is 1. The van der Waals surface area contributed by atoms with E-state index in [0.29, 0.717) is 11.1 Å². The van der Waals surface area contributed by atoms with Crippen molar-refractivity contribution in [3.05, 3.63) is 59.2 Å². The molecule has 2 aromatic rings. The van der Waals surface area contributed by atoms with Crippen molar-refractivity contribution in [3.63, 3.8) is 0 Å². The van der Waals surface area contributed by atoms with Crippen LogP contribution in [0.4, 0.5) is 10.1 Å². The lowest BCUT2D eigenvalue weighted by Crippen LogP contribution is -2.15. The molecule has 0 unspecified atom stereocenters. The fraction of sp³-hybridized carbons (Fsp3) is 0.125. The van der Waals surface area contributed by atoms with Crippen LogP contribution in [0, 0.1) is 24.6 Å². The van der Waals surface area contributed by atoms with E-state index in [1.807, 2.05) is 0 Å². The fourth-order valence-electron chi connectivity index (χ4n) is 1.72. The molecular formula is C16H14FN3O. The smallest absolute Gasteiger partial charge is 0.274 e. The standard InChI is InChI=1S/C16H14FN3O/c1-11-4-2-6-13(17)15(11)20-16(21)14-8-7-12(10-19-14)5-3-9-18/h2,4,6-8,10H,9,18H2,1H3,(H,20,21). The van der Waals surface area contributed by atoms with Crippen molar-refractivity contribution in [3.8, 4) is 11.8 Å². The van der Waals surface area contributed by atoms with Crippen molar-refractivity contribution in [2.45, 2.75) is 6.92 Å². The Morgan fingerprint density at radius 2 is 2.19 bits per heavy atom. The Labute approximate surface area is 122 Å². The minimum atomic E-state index is -0.478. The van der Waals surface area contributed by atoms with Gasteiger partial charge in [0.1, 0.15) is 11.5 Å². The maximum absolute atomic E-state index is 13.7. The van der Waals surface area contributed by atoms with Gasteiger partial charge in [-0.3, -0.25) is 4.79 Å². The molecule has 1 amide bonds. The van der Waals surface area contributed by atoms with Crippen LogP contribution in [0.2, 0.25) is 0 Å². The predicted octanol–water partition coefficient (Wildman–Crippen LogP) is 2.09. The van der Waals surface area contributed by atoms with E-state index in [1.54, 1.807) is 25.1 Å². The predicted molar refractivity (Wildman–Crippen MR) is 79.3 cm³/mol. The summed E-state index contributed by atoms with van der Waals surface area (Å²) in [6.07, 6.45) is 1.48. The van der Waals surface area contributed by atoms with Gasteiger partial charge in [0.15, 0.2) is 0 Å². The largest absolute Gasteiger partial charge is 0.320 e. The minimum Gasteiger partial charge on any atom is -0.320 e. The topological polar surface area (TPSA) is 68.0 Å². The van der Waals surface area contributed by atoms with Gasteiger partial charge in [-0.15, -0.1) is 0 Å². The second kappa shape index (κ2) is 6.64. The Morgan fingerprint density at radius 3 is 2.81 bits per heavy atom. The quantitative estimate of drug-likeness (QED) is 0.829. The van der Waals surface area contributed by atoms with Gasteiger partial charge in [-0.05, 0) is 30.7 Å². The first kappa shape index (κ1) is 14.7. The van der Waals surface area contributed by atoms with Crippen LogP contribution in [0.5, 0.6) is 0 Å². The number of aryl methyl sites for hydroxylation is 1. The molecule has 0 atom stereocenters. The number of para-hydroxylation sites is 1. The van der Waals surface area contributed by atoms with E-state index in [9.17, 15) is 9.18 Å². The van der Waals surface area contributed by atoms with Gasteiger partial charge >= 0.3 is 0 Å². The average molecular weight is 283 g/mol. The normalized spacial score (nSPS) is 9.67. The molecule has 0 saturated heterocycles. The zero-order valence-corrected chi connectivity index (χ0v) is 11.5. The van der Waals surface area contributed by atoms with Gasteiger partial charge in [0.2, 0.25) is 0 Å². The number of aromatic nitrogens is 1. The summed E-state index contributed by atoms with van der Waals surface area (Å²) in [7, 11) is 0. The lowest BCUT2D eigenvalue weighted by atomic mass is 10.2. The lowest BCUT2D eigenvalue weighted by Gasteiger charge is -2.08. The highest BCUT2D eigenvalue weighted by Gasteiger charge is 2.12. The molecule has 1 aromatic carbocycles. The van der Waals surface area contributed by atoms with E-state index in [4.69, 9.17) is 5.73 Å². The highest BCUT2D eigenvalue weighted by atomic mass is 19.1. The Kier molecular flexibility index (Phi) is 4.64. The number of nitrogens with one attached hydrogen (secondary N) is 1. The molecule has 21 heavy (non-hydrogen) atoms. The van der Waals surface area contributed by atoms with Crippen LogP contribution < -0.4 is 11.1 Å². The second-order valence-electron chi connectivity index (χ2n) is 4.32. The van der Waals surface area contributed by atoms with Gasteiger partial charge in [0.25, 0.3) is 5.91 Å². The van der Waals surface area contributed by atoms with E-state index < -0.39 is 11.7 Å². The Balaban J connectivity index is 2.17. The number of nitrogens with zero attached hydrogens (tertiary/aromatic N) is 1. The van der Waals surface area contributed by atoms with Gasteiger partial charge in [0.05, 0.1) is 12.2 Å². The molecule has 0 aliphatic carbocycles. The van der Waals surface area contributed by atoms with Crippen LogP contribution in [0.3, 0.4) is 0 Å². The summed E-state index contributed by atoms with van der Waals surface area (Å²) in [6.45, 7) is 1.98. The number of rotatable bonds is 2. The number of hydrogen-bond donors (Lipinski definition) is 2. The van der Waals surface area contributed by atoms with Gasteiger partial charge in [-0.2, -0.15) is 0 Å². The Hall–Kier alpha value is -2.71. The van der Waals surface area contributed by atoms with E-state index in [2.05, 4.69) is 22.1 Å². The molecule has 0 saturated carbocycles. The number of nitrogens with two attached hydrogens (primary N) is 1. The van der Waals surface area contributed by atoms with Crippen LogP contribution in [0.25, 0.3) is 0 Å². The molecule has 2 rings (SSSR count). The second-order valence-corrected chi connectivity index (χ2v) is 4.32. The van der Waals surface area contributed by atoms with Crippen molar-refractivity contribution >= 4 is 11.6 Å². The lowest BCUT2D eigenvalue weighted by molar-refractivity contribution is 0.102. The third-order valence-electron chi connectivity index (χ3n) is 2.79. The maximum Gasteiger partial charge on any atom is 0.274 e. The summed E-state index contributed by atoms with van der Waals surface area (Å²) in [5, 5.41) is 2.52. The number of halogens is 1. The molecule has 3 N–H and O–H groups in total. The van der Waals surface area contributed by atoms with Crippen molar-refractivity contribution in [1.82, 2.24) is 4.98 Å². The molecule has 0 bridgehead atoms. The summed E-state index contributed by atoms with van der Waals surface area (Å²) in [5.74, 6) is 4.56. The summed E-state index contributed by atoms with van der Waals surface area (Å²) >= 11 is 0. The molecule has 0 radical (unpaired) electrons. The monoisotopic (exact) mass is 283 g/mol. The van der Waals surface area contributed by atoms with Crippen LogP contribution in [0.1, 0.15) is 21.6 Å². The first-order valence-electron chi connectivity index (χ1n) is 6.33. The molecule has 0 fully saturated rings. The molecule has 0 aliphatic rings. The first-order chi connectivity index (χ1) is 10.1. The zero-order chi connectivity index (χ0) is 15.2. The highest BCUT2D eigenvalue weighted by molar-refractivity contribution is 6.03. The Morgan fingerprint density at radius 1 is 1.38 bits per heavy atom. The van der Waals surface area contributed by atoms with Gasteiger partial charge < -0.3 is 11.1 Å². The number of anilines is 1. The first-order valence-corrected chi connectivity index (χ1v) is 6.33. The van der Waals surface area contributed by atoms with Gasteiger partial charge in [-0.1, -0.05) is 24.0 Å². The molecule has 4 nitrogen and oxygen atoms in total. The Bertz CT molecular complexity index is 694. The number of benzene rings is 1. The number of hydrogen-bond acceptors (Lipinski definition) is 3. The molecule has 0 spiro atoms. The van der Waals surface area contributed by atoms with Crippen LogP contribution in [-0.2, 0) is 0 Å². The van der Waals surface area contributed by atoms with Crippen LogP contribution in [-0.4, -0.2) is 17.4 Å². The maximum atomic E-state index is 13.7. The molecule has 1 heterocycles. The molecule has 1 aromatic heterocycles. The van der Waals surface area contributed by atoms with Crippen molar-refractivity contribution in [2.75, 3.05) is 11.9 Å². The molecular weight excluding hydrogens is 269 g/mol. The zero-order valence-electron chi connectivity index (χ0n) is 11.5. The third-order valence-corrected chi connectivity index (χ3v) is 2.79. The summed E-state index contributed by atoms with van der Waals surface area (Å²) in [6, 6.07) is 7.80. The van der Waals surface area contributed by atoms with Crippen LogP contribution >= 0.6 is 0 Å². The number of pyridine rings is 1. The fourth-order valence-corrected chi connectivity index (χ4v) is 1.72. The summed E-state index contributed by atoms with van der Waals surface area (Å²) in [4.78, 5) is 16.1. The molecule has 5 heteroatoms. The van der Waals surface area contributed by atoms with E-state index in [-0.39, 0.29) is 17.9 Å². The number of carbonyl (C=O) groups excluding carboxylic acids is 1. The van der Waals surface area contributed by atoms with E-state index >= 15 is 0 Å². The summed E-state index contributed by atoms with van der Waals surface area (Å²) < 4.78 is 13.7. The van der Waals surface area contributed by atoms with Crippen molar-refractivity contribution < 1.29 is 9.18 Å². The van der Waals surface area contributed by atoms with Crippen molar-refractivity contribution in [1.29, 1.82) is 0 Å². The van der Waals surface area contributed by atoms with Gasteiger partial charge in [-0.25, -0.2) is 9.37 Å². The molecule has 106 valence electrons. The number of amides is 1.